The molecule has 0 unspecified atom stereocenters. The Labute approximate surface area is 207 Å². The lowest BCUT2D eigenvalue weighted by Gasteiger charge is -2.32. The third-order valence-corrected chi connectivity index (χ3v) is 6.61. The van der Waals surface area contributed by atoms with E-state index < -0.39 is 0 Å². The Morgan fingerprint density at radius 3 is 2.69 bits per heavy atom. The van der Waals surface area contributed by atoms with E-state index in [4.69, 9.17) is 16.3 Å². The average Bonchev–Trinajstić information content (AvgIpc) is 3.69. The van der Waals surface area contributed by atoms with E-state index in [2.05, 4.69) is 37.4 Å². The smallest absolute Gasteiger partial charge is 0.293 e. The number of carbonyl (C=O) groups is 1. The van der Waals surface area contributed by atoms with Gasteiger partial charge in [0.05, 0.1) is 11.7 Å². The highest BCUT2D eigenvalue weighted by Crippen LogP contribution is 2.37. The Hall–Kier alpha value is -3.37. The molecule has 1 aromatic carbocycles. The Balaban J connectivity index is 1.45. The number of aromatic nitrogens is 3. The highest BCUT2D eigenvalue weighted by atomic mass is 35.5. The maximum Gasteiger partial charge on any atom is 0.293 e. The molecule has 35 heavy (non-hydrogen) atoms. The number of halogens is 1. The second-order valence-electron chi connectivity index (χ2n) is 8.93. The molecular weight excluding hydrogens is 470 g/mol. The van der Waals surface area contributed by atoms with Gasteiger partial charge < -0.3 is 29.7 Å². The predicted molar refractivity (Wildman–Crippen MR) is 136 cm³/mol. The van der Waals surface area contributed by atoms with Crippen molar-refractivity contribution >= 4 is 45.9 Å². The molecule has 5 rings (SSSR count). The number of likely N-dealkylation sites (N-methyl/N-ethyl adjacent to an activating group) is 2. The Kier molecular flexibility index (Phi) is 6.48. The fourth-order valence-electron chi connectivity index (χ4n) is 4.15. The minimum absolute atomic E-state index is 0.148. The van der Waals surface area contributed by atoms with E-state index in [1.54, 1.807) is 16.8 Å². The van der Waals surface area contributed by atoms with Crippen LogP contribution in [0.15, 0.2) is 35.3 Å². The van der Waals surface area contributed by atoms with Crippen LogP contribution in [0.25, 0.3) is 10.9 Å². The van der Waals surface area contributed by atoms with E-state index >= 15 is 0 Å². The van der Waals surface area contributed by atoms with Crippen molar-refractivity contribution in [2.24, 2.45) is 0 Å². The van der Waals surface area contributed by atoms with Crippen LogP contribution in [-0.2, 0) is 4.79 Å². The molecule has 1 aliphatic carbocycles. The van der Waals surface area contributed by atoms with Crippen LogP contribution in [-0.4, -0.2) is 72.2 Å². The molecule has 2 fully saturated rings. The molecule has 0 spiro atoms. The molecule has 1 aliphatic heterocycles. The molecule has 11 heteroatoms. The first kappa shape index (κ1) is 23.4. The van der Waals surface area contributed by atoms with Crippen molar-refractivity contribution in [1.29, 1.82) is 0 Å². The molecule has 1 saturated heterocycles. The summed E-state index contributed by atoms with van der Waals surface area (Å²) in [6, 6.07) is 7.57. The van der Waals surface area contributed by atoms with E-state index in [1.165, 1.54) is 7.05 Å². The molecule has 0 atom stereocenters. The van der Waals surface area contributed by atoms with Crippen molar-refractivity contribution < 1.29 is 9.53 Å². The van der Waals surface area contributed by atoms with Gasteiger partial charge in [-0.2, -0.15) is 4.98 Å². The Morgan fingerprint density at radius 2 is 1.97 bits per heavy atom. The summed E-state index contributed by atoms with van der Waals surface area (Å²) >= 11 is 6.41. The van der Waals surface area contributed by atoms with Gasteiger partial charge in [-0.15, -0.1) is 0 Å². The zero-order chi connectivity index (χ0) is 24.5. The monoisotopic (exact) mass is 497 g/mol. The van der Waals surface area contributed by atoms with Gasteiger partial charge in [-0.3, -0.25) is 9.59 Å². The molecule has 184 valence electrons. The molecule has 2 N–H and O–H groups in total. The lowest BCUT2D eigenvalue weighted by Crippen LogP contribution is -2.45. The summed E-state index contributed by atoms with van der Waals surface area (Å²) < 4.78 is 7.33. The molecule has 3 aromatic rings. The van der Waals surface area contributed by atoms with Gasteiger partial charge in [0.1, 0.15) is 5.02 Å². The number of amides is 1. The van der Waals surface area contributed by atoms with Crippen LogP contribution in [0, 0.1) is 0 Å². The van der Waals surface area contributed by atoms with E-state index in [-0.39, 0.29) is 29.9 Å². The summed E-state index contributed by atoms with van der Waals surface area (Å²) in [7, 11) is 3.63. The highest BCUT2D eigenvalue weighted by Gasteiger charge is 2.28. The zero-order valence-electron chi connectivity index (χ0n) is 19.8. The molecule has 3 heterocycles. The second-order valence-corrected chi connectivity index (χ2v) is 9.34. The van der Waals surface area contributed by atoms with Crippen LogP contribution >= 0.6 is 11.6 Å². The van der Waals surface area contributed by atoms with Gasteiger partial charge in [-0.05, 0) is 44.2 Å². The van der Waals surface area contributed by atoms with E-state index in [9.17, 15) is 9.59 Å². The first-order chi connectivity index (χ1) is 16.9. The van der Waals surface area contributed by atoms with Crippen LogP contribution in [0.1, 0.15) is 18.9 Å². The minimum Gasteiger partial charge on any atom is -0.478 e. The lowest BCUT2D eigenvalue weighted by atomic mass is 10.1. The maximum absolute atomic E-state index is 13.0. The summed E-state index contributed by atoms with van der Waals surface area (Å²) in [5.41, 5.74) is 1.36. The first-order valence-corrected chi connectivity index (χ1v) is 12.1. The Bertz CT molecular complexity index is 1320. The number of benzene rings is 1. The summed E-state index contributed by atoms with van der Waals surface area (Å²) in [4.78, 5) is 38.2. The number of nitrogens with one attached hydrogen (secondary N) is 2. The van der Waals surface area contributed by atoms with Gasteiger partial charge in [0.25, 0.3) is 11.5 Å². The van der Waals surface area contributed by atoms with E-state index in [1.807, 2.05) is 18.2 Å². The van der Waals surface area contributed by atoms with E-state index in [0.29, 0.717) is 16.8 Å². The van der Waals surface area contributed by atoms with Crippen molar-refractivity contribution in [2.45, 2.75) is 18.9 Å². The van der Waals surface area contributed by atoms with Crippen molar-refractivity contribution in [3.8, 4) is 5.75 Å². The number of hydrogen-bond donors (Lipinski definition) is 2. The fourth-order valence-corrected chi connectivity index (χ4v) is 4.29. The average molecular weight is 498 g/mol. The Morgan fingerprint density at radius 1 is 1.20 bits per heavy atom. The number of piperazine rings is 1. The highest BCUT2D eigenvalue weighted by molar-refractivity contribution is 6.32. The third kappa shape index (κ3) is 5.03. The predicted octanol–water partition coefficient (Wildman–Crippen LogP) is 2.40. The topological polar surface area (TPSA) is 105 Å². The van der Waals surface area contributed by atoms with Gasteiger partial charge in [-0.25, -0.2) is 4.98 Å². The third-order valence-electron chi connectivity index (χ3n) is 6.33. The van der Waals surface area contributed by atoms with Crippen molar-refractivity contribution in [3.63, 3.8) is 0 Å². The van der Waals surface area contributed by atoms with Gasteiger partial charge in [0.2, 0.25) is 5.95 Å². The first-order valence-electron chi connectivity index (χ1n) is 11.7. The van der Waals surface area contributed by atoms with Crippen LogP contribution in [0.3, 0.4) is 0 Å². The number of nitrogens with zero attached hydrogens (tertiary/aromatic N) is 5. The molecule has 2 aliphatic rings. The lowest BCUT2D eigenvalue weighted by molar-refractivity contribution is -0.122. The molecule has 0 radical (unpaired) electrons. The van der Waals surface area contributed by atoms with Crippen molar-refractivity contribution in [1.82, 2.24) is 24.8 Å². The van der Waals surface area contributed by atoms with Crippen molar-refractivity contribution in [3.05, 3.63) is 45.8 Å². The number of pyridine rings is 1. The minimum atomic E-state index is -0.299. The summed E-state index contributed by atoms with van der Waals surface area (Å²) in [6.45, 7) is 3.39. The number of fused-ring (bicyclic) bond motifs is 1. The zero-order valence-corrected chi connectivity index (χ0v) is 20.5. The van der Waals surface area contributed by atoms with Gasteiger partial charge >= 0.3 is 0 Å². The SMILES string of the molecule is CNC(=O)COc1cc2cc(Nc3nc(N4CCN(C)CC4)ncc3Cl)ccc2n(C2CC2)c1=O. The van der Waals surface area contributed by atoms with Gasteiger partial charge in [0, 0.05) is 50.3 Å². The van der Waals surface area contributed by atoms with Crippen LogP contribution in [0.5, 0.6) is 5.75 Å². The van der Waals surface area contributed by atoms with Crippen molar-refractivity contribution in [2.75, 3.05) is 57.1 Å². The maximum atomic E-state index is 13.0. The fraction of sp³-hybridized carbons (Fsp3) is 0.417. The molecule has 0 bridgehead atoms. The molecule has 1 saturated carbocycles. The summed E-state index contributed by atoms with van der Waals surface area (Å²) in [5, 5.41) is 7.03. The number of ether oxygens (including phenoxy) is 1. The number of carbonyl (C=O) groups excluding carboxylic acids is 1. The molecular formula is C24H28ClN7O3. The van der Waals surface area contributed by atoms with Gasteiger partial charge in [-0.1, -0.05) is 11.6 Å². The normalized spacial score (nSPS) is 16.4. The van der Waals surface area contributed by atoms with E-state index in [0.717, 1.165) is 55.6 Å². The van der Waals surface area contributed by atoms with Crippen LogP contribution in [0.2, 0.25) is 5.02 Å². The quantitative estimate of drug-likeness (QED) is 0.513. The largest absolute Gasteiger partial charge is 0.478 e. The van der Waals surface area contributed by atoms with Gasteiger partial charge in [0.15, 0.2) is 18.2 Å². The second kappa shape index (κ2) is 9.71. The number of rotatable bonds is 7. The van der Waals surface area contributed by atoms with Crippen LogP contribution in [0.4, 0.5) is 17.5 Å². The summed E-state index contributed by atoms with van der Waals surface area (Å²) in [6.07, 6.45) is 3.50. The van der Waals surface area contributed by atoms with Crippen LogP contribution < -0.4 is 25.8 Å². The standard InChI is InChI=1S/C24H28ClN7O3/c1-26-21(33)14-35-20-12-15-11-16(3-6-19(15)32(23(20)34)17-4-5-17)28-22-18(25)13-27-24(29-22)31-9-7-30(2)8-10-31/h3,6,11-13,17H,4-5,7-10,14H2,1-2H3,(H,26,33)(H,27,28,29). The number of anilines is 3. The molecule has 2 aromatic heterocycles. The molecule has 1 amide bonds. The number of hydrogen-bond acceptors (Lipinski definition) is 8. The molecule has 10 nitrogen and oxygen atoms in total. The summed E-state index contributed by atoms with van der Waals surface area (Å²) in [5.74, 6) is 1.01.